The minimum absolute atomic E-state index is 0.00978. The van der Waals surface area contributed by atoms with E-state index in [2.05, 4.69) is 21.2 Å². The van der Waals surface area contributed by atoms with Crippen molar-refractivity contribution < 1.29 is 9.90 Å². The lowest BCUT2D eigenvalue weighted by Crippen LogP contribution is -2.36. The molecule has 0 heterocycles. The molecule has 1 rings (SSSR count). The first kappa shape index (κ1) is 16.0. The van der Waals surface area contributed by atoms with E-state index in [1.54, 1.807) is 0 Å². The van der Waals surface area contributed by atoms with Gasteiger partial charge in [-0.05, 0) is 38.1 Å². The average Bonchev–Trinajstić information content (AvgIpc) is 2.34. The number of amides is 1. The Balaban J connectivity index is 2.78. The van der Waals surface area contributed by atoms with E-state index in [9.17, 15) is 9.90 Å². The Hall–Kier alpha value is -1.07. The lowest BCUT2D eigenvalue weighted by molar-refractivity contribution is -0.122. The van der Waals surface area contributed by atoms with E-state index >= 15 is 0 Å². The highest BCUT2D eigenvalue weighted by molar-refractivity contribution is 9.10. The Morgan fingerprint density at radius 2 is 2.11 bits per heavy atom. The molecular weight excluding hydrogens is 308 g/mol. The molecule has 0 aliphatic heterocycles. The molecule has 0 saturated heterocycles. The Kier molecular flexibility index (Phi) is 6.31. The van der Waals surface area contributed by atoms with Crippen LogP contribution in [0.3, 0.4) is 0 Å². The number of carbonyl (C=O) groups is 1. The minimum atomic E-state index is 0.00978. The molecule has 0 atom stereocenters. The molecule has 0 aliphatic rings. The molecule has 106 valence electrons. The van der Waals surface area contributed by atoms with Crippen LogP contribution < -0.4 is 5.32 Å². The van der Waals surface area contributed by atoms with Crippen molar-refractivity contribution in [1.82, 2.24) is 10.2 Å². The molecular formula is C14H21BrN2O2. The van der Waals surface area contributed by atoms with Crippen molar-refractivity contribution in [2.45, 2.75) is 27.3 Å². The van der Waals surface area contributed by atoms with Crippen molar-refractivity contribution in [3.05, 3.63) is 27.7 Å². The van der Waals surface area contributed by atoms with Crippen LogP contribution in [0.1, 0.15) is 25.0 Å². The fraction of sp³-hybridized carbons (Fsp3) is 0.500. The molecule has 0 spiro atoms. The van der Waals surface area contributed by atoms with Crippen LogP contribution in [0.5, 0.6) is 5.75 Å². The second-order valence-electron chi connectivity index (χ2n) is 4.49. The van der Waals surface area contributed by atoms with Gasteiger partial charge in [0.25, 0.3) is 0 Å². The van der Waals surface area contributed by atoms with Crippen LogP contribution in [0, 0.1) is 6.92 Å². The predicted octanol–water partition coefficient (Wildman–Crippen LogP) is 2.42. The number of rotatable bonds is 6. The number of nitrogens with one attached hydrogen (secondary N) is 1. The van der Waals surface area contributed by atoms with Gasteiger partial charge in [0.1, 0.15) is 5.75 Å². The molecule has 19 heavy (non-hydrogen) atoms. The Morgan fingerprint density at radius 1 is 1.42 bits per heavy atom. The summed E-state index contributed by atoms with van der Waals surface area (Å²) in [5, 5.41) is 12.8. The molecule has 0 aliphatic carbocycles. The Bertz CT molecular complexity index is 449. The van der Waals surface area contributed by atoms with Gasteiger partial charge in [-0.15, -0.1) is 0 Å². The van der Waals surface area contributed by atoms with E-state index in [1.807, 2.05) is 37.8 Å². The van der Waals surface area contributed by atoms with E-state index < -0.39 is 0 Å². The number of nitrogens with zero attached hydrogens (tertiary/aromatic N) is 1. The van der Waals surface area contributed by atoms with Crippen LogP contribution in [-0.4, -0.2) is 35.5 Å². The molecule has 1 amide bonds. The van der Waals surface area contributed by atoms with Gasteiger partial charge < -0.3 is 10.4 Å². The van der Waals surface area contributed by atoms with E-state index in [-0.39, 0.29) is 5.91 Å². The molecule has 0 radical (unpaired) electrons. The van der Waals surface area contributed by atoms with E-state index in [0.717, 1.165) is 22.1 Å². The smallest absolute Gasteiger partial charge is 0.234 e. The Labute approximate surface area is 122 Å². The van der Waals surface area contributed by atoms with Crippen molar-refractivity contribution in [3.8, 4) is 5.75 Å². The predicted molar refractivity (Wildman–Crippen MR) is 80.2 cm³/mol. The fourth-order valence-electron chi connectivity index (χ4n) is 1.90. The SMILES string of the molecule is CCNC(=O)CN(CC)Cc1cc(Br)cc(C)c1O. The normalized spacial score (nSPS) is 10.8. The van der Waals surface area contributed by atoms with Gasteiger partial charge in [0.2, 0.25) is 5.91 Å². The number of carbonyl (C=O) groups excluding carboxylic acids is 1. The third-order valence-electron chi connectivity index (χ3n) is 2.93. The van der Waals surface area contributed by atoms with Crippen molar-refractivity contribution in [2.24, 2.45) is 0 Å². The molecule has 5 heteroatoms. The van der Waals surface area contributed by atoms with Crippen LogP contribution >= 0.6 is 15.9 Å². The topological polar surface area (TPSA) is 52.6 Å². The molecule has 4 nitrogen and oxygen atoms in total. The summed E-state index contributed by atoms with van der Waals surface area (Å²) < 4.78 is 0.937. The Morgan fingerprint density at radius 3 is 2.68 bits per heavy atom. The monoisotopic (exact) mass is 328 g/mol. The van der Waals surface area contributed by atoms with Gasteiger partial charge >= 0.3 is 0 Å². The summed E-state index contributed by atoms with van der Waals surface area (Å²) in [7, 11) is 0. The van der Waals surface area contributed by atoms with Crippen LogP contribution in [0.25, 0.3) is 0 Å². The van der Waals surface area contributed by atoms with Crippen molar-refractivity contribution in [2.75, 3.05) is 19.6 Å². The molecule has 1 aromatic carbocycles. The maximum absolute atomic E-state index is 11.6. The molecule has 0 unspecified atom stereocenters. The van der Waals surface area contributed by atoms with E-state index in [4.69, 9.17) is 0 Å². The number of phenolic OH excluding ortho intramolecular Hbond substituents is 1. The molecule has 0 fully saturated rings. The molecule has 0 bridgehead atoms. The zero-order valence-corrected chi connectivity index (χ0v) is 13.2. The second-order valence-corrected chi connectivity index (χ2v) is 5.40. The average molecular weight is 329 g/mol. The van der Waals surface area contributed by atoms with Gasteiger partial charge in [0, 0.05) is 23.1 Å². The number of hydrogen-bond acceptors (Lipinski definition) is 3. The molecule has 0 aromatic heterocycles. The highest BCUT2D eigenvalue weighted by Crippen LogP contribution is 2.27. The third-order valence-corrected chi connectivity index (χ3v) is 3.38. The first-order chi connectivity index (χ1) is 8.97. The first-order valence-corrected chi connectivity index (χ1v) is 7.24. The van der Waals surface area contributed by atoms with Gasteiger partial charge in [-0.1, -0.05) is 22.9 Å². The summed E-state index contributed by atoms with van der Waals surface area (Å²) >= 11 is 3.43. The lowest BCUT2D eigenvalue weighted by atomic mass is 10.1. The van der Waals surface area contributed by atoms with E-state index in [0.29, 0.717) is 25.4 Å². The number of halogens is 1. The van der Waals surface area contributed by atoms with Crippen molar-refractivity contribution >= 4 is 21.8 Å². The highest BCUT2D eigenvalue weighted by Gasteiger charge is 2.13. The summed E-state index contributed by atoms with van der Waals surface area (Å²) in [4.78, 5) is 13.6. The number of likely N-dealkylation sites (N-methyl/N-ethyl adjacent to an activating group) is 2. The lowest BCUT2D eigenvalue weighted by Gasteiger charge is -2.21. The zero-order chi connectivity index (χ0) is 14.4. The summed E-state index contributed by atoms with van der Waals surface area (Å²) in [6.45, 7) is 8.05. The maximum atomic E-state index is 11.6. The largest absolute Gasteiger partial charge is 0.507 e. The van der Waals surface area contributed by atoms with Gasteiger partial charge in [-0.25, -0.2) is 0 Å². The summed E-state index contributed by atoms with van der Waals surface area (Å²) in [5.74, 6) is 0.313. The molecule has 1 aromatic rings. The zero-order valence-electron chi connectivity index (χ0n) is 11.7. The number of aromatic hydroxyl groups is 1. The van der Waals surface area contributed by atoms with Crippen molar-refractivity contribution in [3.63, 3.8) is 0 Å². The molecule has 2 N–H and O–H groups in total. The van der Waals surface area contributed by atoms with Crippen LogP contribution in [0.15, 0.2) is 16.6 Å². The quantitative estimate of drug-likeness (QED) is 0.843. The van der Waals surface area contributed by atoms with Gasteiger partial charge in [-0.2, -0.15) is 0 Å². The highest BCUT2D eigenvalue weighted by atomic mass is 79.9. The van der Waals surface area contributed by atoms with Gasteiger partial charge in [-0.3, -0.25) is 9.69 Å². The number of benzene rings is 1. The van der Waals surface area contributed by atoms with Gasteiger partial charge in [0.05, 0.1) is 6.54 Å². The van der Waals surface area contributed by atoms with Crippen LogP contribution in [-0.2, 0) is 11.3 Å². The second kappa shape index (κ2) is 7.50. The standard InChI is InChI=1S/C14H21BrN2O2/c1-4-16-13(18)9-17(5-2)8-11-7-12(15)6-10(3)14(11)19/h6-7,19H,4-5,8-9H2,1-3H3,(H,16,18). The van der Waals surface area contributed by atoms with Crippen LogP contribution in [0.2, 0.25) is 0 Å². The van der Waals surface area contributed by atoms with Gasteiger partial charge in [0.15, 0.2) is 0 Å². The number of phenols is 1. The van der Waals surface area contributed by atoms with Crippen molar-refractivity contribution in [1.29, 1.82) is 0 Å². The number of aryl methyl sites for hydroxylation is 1. The summed E-state index contributed by atoms with van der Waals surface area (Å²) in [6, 6.07) is 3.77. The third kappa shape index (κ3) is 4.84. The minimum Gasteiger partial charge on any atom is -0.507 e. The first-order valence-electron chi connectivity index (χ1n) is 6.44. The summed E-state index contributed by atoms with van der Waals surface area (Å²) in [5.41, 5.74) is 1.66. The maximum Gasteiger partial charge on any atom is 0.234 e. The fourth-order valence-corrected chi connectivity index (χ4v) is 2.52. The molecule has 0 saturated carbocycles. The van der Waals surface area contributed by atoms with E-state index in [1.165, 1.54) is 0 Å². The number of hydrogen-bond donors (Lipinski definition) is 2. The summed E-state index contributed by atoms with van der Waals surface area (Å²) in [6.07, 6.45) is 0. The van der Waals surface area contributed by atoms with Crippen LogP contribution in [0.4, 0.5) is 0 Å².